The van der Waals surface area contributed by atoms with Gasteiger partial charge < -0.3 is 9.64 Å². The lowest BCUT2D eigenvalue weighted by Crippen LogP contribution is -2.53. The number of nitrogens with zero attached hydrogens (tertiary/aromatic N) is 10. The van der Waals surface area contributed by atoms with Gasteiger partial charge in [0.2, 0.25) is 0 Å². The van der Waals surface area contributed by atoms with Crippen LogP contribution in [0.4, 0.5) is 15.0 Å². The number of benzene rings is 1. The molecule has 0 aliphatic carbocycles. The maximum Gasteiger partial charge on any atom is 0.410 e. The standard InChI is InChI=1S/C35H37FN10O3S/c1-21(2)18-44-20-28(40-41-44)30-17-25-29(50-30)12-14-38-31(25)45(23-8-7-15-43(19-23)34(48)49-35(3,4)5)33(47)24-11-10-22(16-26(24)36)46-32-27(39-42-46)9-6-13-37-32/h6,9-14,16-17,20-21,23H,7-8,15,18-19H2,1-5H3/t23-/m1/s1. The first-order chi connectivity index (χ1) is 23.9. The van der Waals surface area contributed by atoms with E-state index < -0.39 is 29.5 Å². The molecule has 0 saturated carbocycles. The van der Waals surface area contributed by atoms with Gasteiger partial charge in [0.25, 0.3) is 5.91 Å². The van der Waals surface area contributed by atoms with Crippen LogP contribution in [0.1, 0.15) is 57.8 Å². The Morgan fingerprint density at radius 3 is 2.70 bits per heavy atom. The second-order valence-corrected chi connectivity index (χ2v) is 14.9. The number of carbonyl (C=O) groups excluding carboxylic acids is 2. The molecule has 1 aliphatic heterocycles. The van der Waals surface area contributed by atoms with Gasteiger partial charge in [-0.15, -0.1) is 21.5 Å². The molecule has 0 spiro atoms. The van der Waals surface area contributed by atoms with Crippen LogP contribution in [0.3, 0.4) is 0 Å². The van der Waals surface area contributed by atoms with Crippen molar-refractivity contribution in [3.63, 3.8) is 0 Å². The number of pyridine rings is 2. The minimum atomic E-state index is -0.739. The van der Waals surface area contributed by atoms with Crippen LogP contribution >= 0.6 is 11.3 Å². The normalized spacial score (nSPS) is 15.3. The van der Waals surface area contributed by atoms with E-state index in [1.54, 1.807) is 35.5 Å². The van der Waals surface area contributed by atoms with Crippen molar-refractivity contribution >= 4 is 50.4 Å². The Labute approximate surface area is 291 Å². The second kappa shape index (κ2) is 13.2. The summed E-state index contributed by atoms with van der Waals surface area (Å²) >= 11 is 1.51. The molecule has 2 amide bonds. The zero-order valence-electron chi connectivity index (χ0n) is 28.4. The first-order valence-electron chi connectivity index (χ1n) is 16.5. The van der Waals surface area contributed by atoms with Crippen molar-refractivity contribution in [3.8, 4) is 16.3 Å². The molecule has 0 bridgehead atoms. The molecule has 0 unspecified atom stereocenters. The predicted molar refractivity (Wildman–Crippen MR) is 188 cm³/mol. The van der Waals surface area contributed by atoms with Crippen LogP contribution in [-0.4, -0.2) is 81.6 Å². The minimum Gasteiger partial charge on any atom is -0.444 e. The first-order valence-corrected chi connectivity index (χ1v) is 17.3. The number of aromatic nitrogens is 8. The number of hydrogen-bond acceptors (Lipinski definition) is 10. The lowest BCUT2D eigenvalue weighted by molar-refractivity contribution is 0.0196. The highest BCUT2D eigenvalue weighted by atomic mass is 32.1. The Hall–Kier alpha value is -5.31. The molecule has 6 heterocycles. The summed E-state index contributed by atoms with van der Waals surface area (Å²) in [5, 5.41) is 17.7. The molecule has 1 aromatic carbocycles. The summed E-state index contributed by atoms with van der Waals surface area (Å²) in [6, 6.07) is 11.1. The van der Waals surface area contributed by atoms with Crippen molar-refractivity contribution < 1.29 is 18.7 Å². The molecular weight excluding hydrogens is 660 g/mol. The van der Waals surface area contributed by atoms with Gasteiger partial charge in [-0.05, 0) is 75.9 Å². The number of piperidine rings is 1. The van der Waals surface area contributed by atoms with Gasteiger partial charge in [-0.25, -0.2) is 19.2 Å². The van der Waals surface area contributed by atoms with E-state index in [-0.39, 0.29) is 12.1 Å². The zero-order chi connectivity index (χ0) is 35.2. The Balaban J connectivity index is 1.29. The topological polar surface area (TPSA) is 137 Å². The Morgan fingerprint density at radius 2 is 1.92 bits per heavy atom. The Bertz CT molecular complexity index is 2200. The fourth-order valence-corrected chi connectivity index (χ4v) is 7.11. The van der Waals surface area contributed by atoms with Gasteiger partial charge in [0.05, 0.1) is 28.4 Å². The first kappa shape index (κ1) is 33.2. The van der Waals surface area contributed by atoms with Gasteiger partial charge >= 0.3 is 6.09 Å². The smallest absolute Gasteiger partial charge is 0.410 e. The van der Waals surface area contributed by atoms with Gasteiger partial charge in [0.1, 0.15) is 28.4 Å². The number of ether oxygens (including phenoxy) is 1. The fourth-order valence-electron chi connectivity index (χ4n) is 6.11. The van der Waals surface area contributed by atoms with Crippen LogP contribution < -0.4 is 4.90 Å². The third kappa shape index (κ3) is 6.64. The lowest BCUT2D eigenvalue weighted by Gasteiger charge is -2.39. The van der Waals surface area contributed by atoms with Crippen molar-refractivity contribution in [1.82, 2.24) is 44.9 Å². The van der Waals surface area contributed by atoms with E-state index in [0.29, 0.717) is 59.1 Å². The molecular formula is C35H37FN10O3S. The summed E-state index contributed by atoms with van der Waals surface area (Å²) in [6.45, 7) is 11.1. The zero-order valence-corrected chi connectivity index (χ0v) is 29.3. The third-order valence-electron chi connectivity index (χ3n) is 8.26. The Morgan fingerprint density at radius 1 is 1.08 bits per heavy atom. The number of carbonyl (C=O) groups is 2. The van der Waals surface area contributed by atoms with Crippen molar-refractivity contribution in [3.05, 3.63) is 72.4 Å². The summed E-state index contributed by atoms with van der Waals surface area (Å²) in [6.07, 6.45) is 5.88. The summed E-state index contributed by atoms with van der Waals surface area (Å²) in [7, 11) is 0. The van der Waals surface area contributed by atoms with Crippen LogP contribution in [0.5, 0.6) is 0 Å². The van der Waals surface area contributed by atoms with Crippen molar-refractivity contribution in [2.45, 2.75) is 65.6 Å². The van der Waals surface area contributed by atoms with Gasteiger partial charge in [-0.2, -0.15) is 4.68 Å². The summed E-state index contributed by atoms with van der Waals surface area (Å²) in [5.41, 5.74) is 1.27. The van der Waals surface area contributed by atoms with Crippen LogP contribution in [-0.2, 0) is 11.3 Å². The number of fused-ring (bicyclic) bond motifs is 2. The molecule has 0 N–H and O–H groups in total. The quantitative estimate of drug-likeness (QED) is 0.183. The predicted octanol–water partition coefficient (Wildman–Crippen LogP) is 6.53. The maximum atomic E-state index is 16.1. The van der Waals surface area contributed by atoms with E-state index in [2.05, 4.69) is 39.5 Å². The molecule has 5 aromatic heterocycles. The molecule has 15 heteroatoms. The van der Waals surface area contributed by atoms with Crippen LogP contribution in [0.2, 0.25) is 0 Å². The number of thiophene rings is 1. The van der Waals surface area contributed by atoms with Gasteiger partial charge in [0, 0.05) is 48.2 Å². The van der Waals surface area contributed by atoms with E-state index in [1.165, 1.54) is 33.1 Å². The maximum absolute atomic E-state index is 16.1. The number of anilines is 1. The average molecular weight is 697 g/mol. The van der Waals surface area contributed by atoms with E-state index in [9.17, 15) is 9.59 Å². The molecule has 50 heavy (non-hydrogen) atoms. The van der Waals surface area contributed by atoms with Crippen LogP contribution in [0, 0.1) is 11.7 Å². The van der Waals surface area contributed by atoms with Crippen molar-refractivity contribution in [2.24, 2.45) is 5.92 Å². The largest absolute Gasteiger partial charge is 0.444 e. The van der Waals surface area contributed by atoms with Crippen molar-refractivity contribution in [2.75, 3.05) is 18.0 Å². The van der Waals surface area contributed by atoms with Crippen molar-refractivity contribution in [1.29, 1.82) is 0 Å². The molecule has 1 saturated heterocycles. The van der Waals surface area contributed by atoms with Gasteiger partial charge in [-0.1, -0.05) is 24.3 Å². The fraction of sp³-hybridized carbons (Fsp3) is 0.371. The number of hydrogen-bond donors (Lipinski definition) is 0. The number of amides is 2. The molecule has 6 aromatic rings. The highest BCUT2D eigenvalue weighted by Crippen LogP contribution is 2.38. The highest BCUT2D eigenvalue weighted by molar-refractivity contribution is 7.22. The SMILES string of the molecule is CC(C)Cn1cc(-c2cc3c(N(C(=O)c4ccc(-n5nnc6cccnc65)cc4F)[C@@H]4CCCN(C(=O)OC(C)(C)C)C4)nccc3s2)nn1. The third-order valence-corrected chi connectivity index (χ3v) is 9.39. The highest BCUT2D eigenvalue weighted by Gasteiger charge is 2.36. The minimum absolute atomic E-state index is 0.147. The van der Waals surface area contributed by atoms with Gasteiger partial charge in [0.15, 0.2) is 5.65 Å². The van der Waals surface area contributed by atoms with E-state index in [4.69, 9.17) is 9.72 Å². The molecule has 258 valence electrons. The summed E-state index contributed by atoms with van der Waals surface area (Å²) in [5.74, 6) is -0.547. The molecule has 0 radical (unpaired) electrons. The number of halogens is 1. The van der Waals surface area contributed by atoms with E-state index >= 15 is 4.39 Å². The van der Waals surface area contributed by atoms with Crippen LogP contribution in [0.25, 0.3) is 37.5 Å². The summed E-state index contributed by atoms with van der Waals surface area (Å²) < 4.78 is 25.9. The van der Waals surface area contributed by atoms with E-state index in [1.807, 2.05) is 43.8 Å². The van der Waals surface area contributed by atoms with Crippen LogP contribution in [0.15, 0.2) is 61.1 Å². The number of rotatable bonds is 7. The molecule has 1 fully saturated rings. The monoisotopic (exact) mass is 696 g/mol. The number of likely N-dealkylation sites (tertiary alicyclic amines) is 1. The lowest BCUT2D eigenvalue weighted by atomic mass is 10.0. The molecule has 7 rings (SSSR count). The van der Waals surface area contributed by atoms with Gasteiger partial charge in [-0.3, -0.25) is 14.4 Å². The summed E-state index contributed by atoms with van der Waals surface area (Å²) in [4.78, 5) is 40.9. The molecule has 1 atom stereocenters. The second-order valence-electron chi connectivity index (χ2n) is 13.8. The molecule has 13 nitrogen and oxygen atoms in total. The average Bonchev–Trinajstić information content (AvgIpc) is 3.83. The molecule has 1 aliphatic rings. The van der Waals surface area contributed by atoms with E-state index in [0.717, 1.165) is 16.1 Å². The Kier molecular flexibility index (Phi) is 8.76.